The first-order chi connectivity index (χ1) is 14.5. The van der Waals surface area contributed by atoms with Crippen molar-refractivity contribution in [2.24, 2.45) is 5.92 Å². The molecule has 3 aromatic rings. The average Bonchev–Trinajstić information content (AvgIpc) is 3.46. The second kappa shape index (κ2) is 8.37. The molecule has 1 aromatic carbocycles. The second-order valence-corrected chi connectivity index (χ2v) is 7.55. The number of carbonyl (C=O) groups excluding carboxylic acids is 2. The molecule has 11 nitrogen and oxygen atoms in total. The smallest absolute Gasteiger partial charge is 0.274 e. The lowest BCUT2D eigenvalue weighted by atomic mass is 9.96. The molecule has 0 atom stereocenters. The van der Waals surface area contributed by atoms with E-state index in [1.54, 1.807) is 34.8 Å². The van der Waals surface area contributed by atoms with E-state index in [4.69, 9.17) is 0 Å². The van der Waals surface area contributed by atoms with Crippen LogP contribution in [-0.2, 0) is 4.79 Å². The summed E-state index contributed by atoms with van der Waals surface area (Å²) >= 11 is 1.26. The van der Waals surface area contributed by atoms with Crippen molar-refractivity contribution in [2.75, 3.05) is 18.4 Å². The number of anilines is 1. The van der Waals surface area contributed by atoms with Crippen molar-refractivity contribution in [1.82, 2.24) is 24.9 Å². The van der Waals surface area contributed by atoms with Crippen LogP contribution in [0, 0.1) is 16.0 Å². The number of nitrogens with one attached hydrogen (secondary N) is 1. The number of nitro benzene ring substituents is 1. The SMILES string of the molecule is O=C(Nc1nncs1)C1CCN(C(=O)c2ccn(-c3ccc([N+](=O)[O-])cc3)n2)CC1. The van der Waals surface area contributed by atoms with Crippen LogP contribution in [0.3, 0.4) is 0 Å². The number of hydrogen-bond donors (Lipinski definition) is 1. The summed E-state index contributed by atoms with van der Waals surface area (Å²) in [5.41, 5.74) is 2.43. The van der Waals surface area contributed by atoms with Crippen molar-refractivity contribution in [1.29, 1.82) is 0 Å². The standard InChI is InChI=1S/C18H17N7O4S/c26-16(20-18-21-19-11-30-18)12-5-8-23(9-6-12)17(27)15-7-10-24(22-15)13-1-3-14(4-2-13)25(28)29/h1-4,7,10-12H,5-6,8-9H2,(H,20,21,26). The third-order valence-electron chi connectivity index (χ3n) is 4.88. The average molecular weight is 427 g/mol. The van der Waals surface area contributed by atoms with Gasteiger partial charge in [-0.1, -0.05) is 11.3 Å². The summed E-state index contributed by atoms with van der Waals surface area (Å²) in [7, 11) is 0. The Hall–Kier alpha value is -3.67. The molecular formula is C18H17N7O4S. The van der Waals surface area contributed by atoms with Crippen LogP contribution < -0.4 is 5.32 Å². The number of likely N-dealkylation sites (tertiary alicyclic amines) is 1. The Labute approximate surface area is 174 Å². The molecule has 1 aliphatic heterocycles. The Morgan fingerprint density at radius 2 is 1.90 bits per heavy atom. The maximum atomic E-state index is 12.8. The fourth-order valence-corrected chi connectivity index (χ4v) is 3.70. The zero-order valence-electron chi connectivity index (χ0n) is 15.7. The first-order valence-corrected chi connectivity index (χ1v) is 10.1. The van der Waals surface area contributed by atoms with E-state index in [0.717, 1.165) is 0 Å². The van der Waals surface area contributed by atoms with E-state index in [2.05, 4.69) is 20.6 Å². The van der Waals surface area contributed by atoms with Gasteiger partial charge in [-0.2, -0.15) is 5.10 Å². The van der Waals surface area contributed by atoms with Crippen molar-refractivity contribution in [3.8, 4) is 5.69 Å². The van der Waals surface area contributed by atoms with Gasteiger partial charge in [0, 0.05) is 37.3 Å². The van der Waals surface area contributed by atoms with Gasteiger partial charge in [-0.15, -0.1) is 10.2 Å². The molecule has 3 heterocycles. The molecule has 12 heteroatoms. The molecular weight excluding hydrogens is 410 g/mol. The molecule has 0 spiro atoms. The van der Waals surface area contributed by atoms with Crippen LogP contribution >= 0.6 is 11.3 Å². The second-order valence-electron chi connectivity index (χ2n) is 6.72. The van der Waals surface area contributed by atoms with E-state index in [9.17, 15) is 19.7 Å². The lowest BCUT2D eigenvalue weighted by molar-refractivity contribution is -0.384. The number of non-ortho nitro benzene ring substituents is 1. The van der Waals surface area contributed by atoms with E-state index in [1.807, 2.05) is 0 Å². The molecule has 0 aliphatic carbocycles. The zero-order chi connectivity index (χ0) is 21.1. The number of carbonyl (C=O) groups is 2. The number of hydrogen-bond acceptors (Lipinski definition) is 8. The molecule has 1 fully saturated rings. The first kappa shape index (κ1) is 19.6. The number of piperidine rings is 1. The molecule has 0 unspecified atom stereocenters. The summed E-state index contributed by atoms with van der Waals surface area (Å²) < 4.78 is 1.50. The molecule has 0 radical (unpaired) electrons. The Bertz CT molecular complexity index is 1060. The molecule has 154 valence electrons. The minimum atomic E-state index is -0.473. The predicted molar refractivity (Wildman–Crippen MR) is 107 cm³/mol. The van der Waals surface area contributed by atoms with Gasteiger partial charge in [0.2, 0.25) is 11.0 Å². The van der Waals surface area contributed by atoms with E-state index in [-0.39, 0.29) is 29.1 Å². The molecule has 0 saturated carbocycles. The van der Waals surface area contributed by atoms with Crippen LogP contribution in [0.5, 0.6) is 0 Å². The maximum absolute atomic E-state index is 12.8. The van der Waals surface area contributed by atoms with Crippen molar-refractivity contribution in [3.63, 3.8) is 0 Å². The summed E-state index contributed by atoms with van der Waals surface area (Å²) in [6, 6.07) is 7.52. The van der Waals surface area contributed by atoms with Gasteiger partial charge < -0.3 is 10.2 Å². The highest BCUT2D eigenvalue weighted by Gasteiger charge is 2.29. The molecule has 30 heavy (non-hydrogen) atoms. The van der Waals surface area contributed by atoms with Gasteiger partial charge in [0.15, 0.2) is 5.69 Å². The number of nitro groups is 1. The van der Waals surface area contributed by atoms with Gasteiger partial charge in [0.25, 0.3) is 11.6 Å². The van der Waals surface area contributed by atoms with Gasteiger partial charge >= 0.3 is 0 Å². The largest absolute Gasteiger partial charge is 0.337 e. The number of nitrogens with zero attached hydrogens (tertiary/aromatic N) is 6. The van der Waals surface area contributed by atoms with Crippen LogP contribution in [0.2, 0.25) is 0 Å². The fraction of sp³-hybridized carbons (Fsp3) is 0.278. The maximum Gasteiger partial charge on any atom is 0.274 e. The number of rotatable bonds is 5. The summed E-state index contributed by atoms with van der Waals surface area (Å²) in [5.74, 6) is -0.504. The Balaban J connectivity index is 1.35. The van der Waals surface area contributed by atoms with Crippen LogP contribution in [-0.4, -0.2) is 54.7 Å². The monoisotopic (exact) mass is 427 g/mol. The quantitative estimate of drug-likeness (QED) is 0.486. The first-order valence-electron chi connectivity index (χ1n) is 9.18. The molecule has 1 N–H and O–H groups in total. The Morgan fingerprint density at radius 3 is 2.53 bits per heavy atom. The minimum Gasteiger partial charge on any atom is -0.337 e. The Morgan fingerprint density at radius 1 is 1.17 bits per heavy atom. The van der Waals surface area contributed by atoms with Crippen molar-refractivity contribution in [3.05, 3.63) is 57.8 Å². The number of amides is 2. The van der Waals surface area contributed by atoms with E-state index in [1.165, 1.54) is 28.2 Å². The lowest BCUT2D eigenvalue weighted by Gasteiger charge is -2.30. The summed E-state index contributed by atoms with van der Waals surface area (Å²) in [6.07, 6.45) is 2.75. The molecule has 0 bridgehead atoms. The van der Waals surface area contributed by atoms with Crippen LogP contribution in [0.4, 0.5) is 10.8 Å². The highest BCUT2D eigenvalue weighted by atomic mass is 32.1. The van der Waals surface area contributed by atoms with Gasteiger partial charge in [-0.3, -0.25) is 19.7 Å². The van der Waals surface area contributed by atoms with Gasteiger partial charge in [0.05, 0.1) is 10.6 Å². The van der Waals surface area contributed by atoms with Crippen molar-refractivity contribution >= 4 is 34.0 Å². The molecule has 2 amide bonds. The number of benzene rings is 1. The minimum absolute atomic E-state index is 0.0137. The van der Waals surface area contributed by atoms with Crippen molar-refractivity contribution < 1.29 is 14.5 Å². The van der Waals surface area contributed by atoms with Crippen LogP contribution in [0.15, 0.2) is 42.0 Å². The summed E-state index contributed by atoms with van der Waals surface area (Å²) in [6.45, 7) is 0.912. The number of aromatic nitrogens is 4. The fourth-order valence-electron chi connectivity index (χ4n) is 3.25. The summed E-state index contributed by atoms with van der Waals surface area (Å²) in [4.78, 5) is 37.0. The molecule has 2 aromatic heterocycles. The third-order valence-corrected chi connectivity index (χ3v) is 5.48. The topological polar surface area (TPSA) is 136 Å². The van der Waals surface area contributed by atoms with Gasteiger partial charge in [-0.25, -0.2) is 4.68 Å². The van der Waals surface area contributed by atoms with Crippen LogP contribution in [0.1, 0.15) is 23.3 Å². The molecule has 4 rings (SSSR count). The Kier molecular flexibility index (Phi) is 5.48. The predicted octanol–water partition coefficient (Wildman–Crippen LogP) is 2.12. The third kappa shape index (κ3) is 4.17. The summed E-state index contributed by atoms with van der Waals surface area (Å²) in [5, 5.41) is 25.8. The normalized spacial score (nSPS) is 14.5. The van der Waals surface area contributed by atoms with Gasteiger partial charge in [-0.05, 0) is 31.0 Å². The van der Waals surface area contributed by atoms with E-state index < -0.39 is 4.92 Å². The highest BCUT2D eigenvalue weighted by Crippen LogP contribution is 2.21. The lowest BCUT2D eigenvalue weighted by Crippen LogP contribution is -2.41. The van der Waals surface area contributed by atoms with Crippen molar-refractivity contribution in [2.45, 2.75) is 12.8 Å². The highest BCUT2D eigenvalue weighted by molar-refractivity contribution is 7.13. The van der Waals surface area contributed by atoms with E-state index in [0.29, 0.717) is 36.8 Å². The molecule has 1 aliphatic rings. The van der Waals surface area contributed by atoms with E-state index >= 15 is 0 Å². The molecule has 1 saturated heterocycles. The van der Waals surface area contributed by atoms with Crippen LogP contribution in [0.25, 0.3) is 5.69 Å². The zero-order valence-corrected chi connectivity index (χ0v) is 16.5. The van der Waals surface area contributed by atoms with Gasteiger partial charge in [0.1, 0.15) is 5.51 Å².